The van der Waals surface area contributed by atoms with Crippen LogP contribution in [0, 0.1) is 0 Å². The SMILES string of the molecule is CCS(=O)(=O)c1ccc([C@@H](CO)c2cc(N3C(C)CN(Cc4ccc(C(F)(F)F)cc4)CC3C)ccc2C(N)=O)cc1. The summed E-state index contributed by atoms with van der Waals surface area (Å²) in [4.78, 5) is 17.0. The summed E-state index contributed by atoms with van der Waals surface area (Å²) in [6.45, 7) is 7.21. The molecule has 226 valence electrons. The molecule has 11 heteroatoms. The van der Waals surface area contributed by atoms with Crippen molar-refractivity contribution in [2.75, 3.05) is 30.3 Å². The van der Waals surface area contributed by atoms with E-state index in [0.717, 1.165) is 23.4 Å². The molecule has 7 nitrogen and oxygen atoms in total. The third-order valence-electron chi connectivity index (χ3n) is 7.86. The van der Waals surface area contributed by atoms with E-state index in [0.29, 0.717) is 30.8 Å². The fraction of sp³-hybridized carbons (Fsp3) is 0.387. The number of nitrogens with zero attached hydrogens (tertiary/aromatic N) is 2. The molecule has 0 bridgehead atoms. The van der Waals surface area contributed by atoms with Gasteiger partial charge in [0, 0.05) is 48.9 Å². The lowest BCUT2D eigenvalue weighted by molar-refractivity contribution is -0.137. The largest absolute Gasteiger partial charge is 0.416 e. The number of aliphatic hydroxyl groups is 1. The van der Waals surface area contributed by atoms with Crippen LogP contribution in [0.15, 0.2) is 71.6 Å². The number of amides is 1. The Morgan fingerprint density at radius 1 is 1.00 bits per heavy atom. The second kappa shape index (κ2) is 12.4. The van der Waals surface area contributed by atoms with Crippen molar-refractivity contribution in [3.63, 3.8) is 0 Å². The molecule has 1 aliphatic heterocycles. The Balaban J connectivity index is 1.58. The standard InChI is InChI=1S/C31H36F3N3O4S/c1-4-42(40,41)26-12-7-23(8-13-26)29(19-38)28-15-25(11-14-27(28)30(35)39)37-20(2)16-36(17-21(37)3)18-22-5-9-24(10-6-22)31(32,33)34/h5-15,20-21,29,38H,4,16-19H2,1-3H3,(H2,35,39)/t20?,21?,29-/m1/s1. The minimum Gasteiger partial charge on any atom is -0.395 e. The summed E-state index contributed by atoms with van der Waals surface area (Å²) < 4.78 is 63.4. The number of alkyl halides is 3. The zero-order chi connectivity index (χ0) is 30.8. The van der Waals surface area contributed by atoms with Crippen LogP contribution in [0.2, 0.25) is 0 Å². The van der Waals surface area contributed by atoms with Gasteiger partial charge in [-0.2, -0.15) is 13.2 Å². The van der Waals surface area contributed by atoms with E-state index in [4.69, 9.17) is 5.73 Å². The van der Waals surface area contributed by atoms with Gasteiger partial charge in [0.05, 0.1) is 22.8 Å². The van der Waals surface area contributed by atoms with Gasteiger partial charge in [0.15, 0.2) is 9.84 Å². The van der Waals surface area contributed by atoms with E-state index < -0.39 is 33.4 Å². The van der Waals surface area contributed by atoms with Crippen LogP contribution < -0.4 is 10.6 Å². The molecule has 3 N–H and O–H groups in total. The molecule has 3 aromatic carbocycles. The fourth-order valence-electron chi connectivity index (χ4n) is 5.81. The Kier molecular flexibility index (Phi) is 9.34. The molecule has 0 aliphatic carbocycles. The van der Waals surface area contributed by atoms with Gasteiger partial charge >= 0.3 is 6.18 Å². The summed E-state index contributed by atoms with van der Waals surface area (Å²) in [6, 6.07) is 16.9. The van der Waals surface area contributed by atoms with E-state index in [-0.39, 0.29) is 34.9 Å². The van der Waals surface area contributed by atoms with Gasteiger partial charge in [0.25, 0.3) is 0 Å². The summed E-state index contributed by atoms with van der Waals surface area (Å²) in [7, 11) is -3.39. The predicted molar refractivity (Wildman–Crippen MR) is 156 cm³/mol. The second-order valence-electron chi connectivity index (χ2n) is 10.8. The van der Waals surface area contributed by atoms with E-state index in [1.54, 1.807) is 25.1 Å². The Hall–Kier alpha value is -3.41. The summed E-state index contributed by atoms with van der Waals surface area (Å²) in [6.07, 6.45) is -4.37. The first kappa shape index (κ1) is 31.5. The minimum absolute atomic E-state index is 0.0292. The predicted octanol–water partition coefficient (Wildman–Crippen LogP) is 4.82. The molecule has 3 aromatic rings. The molecule has 0 radical (unpaired) electrons. The number of rotatable bonds is 9. The molecule has 1 fully saturated rings. The molecule has 0 saturated carbocycles. The average molecular weight is 604 g/mol. The Labute approximate surface area is 244 Å². The summed E-state index contributed by atoms with van der Waals surface area (Å²) in [5.41, 5.74) is 8.14. The van der Waals surface area contributed by atoms with Crippen molar-refractivity contribution >= 4 is 21.4 Å². The highest BCUT2D eigenvalue weighted by molar-refractivity contribution is 7.91. The molecule has 2 unspecified atom stereocenters. The van der Waals surface area contributed by atoms with Crippen LogP contribution in [-0.4, -0.2) is 61.9 Å². The molecule has 1 amide bonds. The number of piperazine rings is 1. The molecule has 42 heavy (non-hydrogen) atoms. The molecule has 1 heterocycles. The number of primary amides is 1. The van der Waals surface area contributed by atoms with Crippen molar-refractivity contribution in [1.29, 1.82) is 0 Å². The van der Waals surface area contributed by atoms with Crippen molar-refractivity contribution in [3.05, 3.63) is 94.5 Å². The highest BCUT2D eigenvalue weighted by Gasteiger charge is 2.32. The van der Waals surface area contributed by atoms with Gasteiger partial charge in [-0.15, -0.1) is 0 Å². The van der Waals surface area contributed by atoms with Gasteiger partial charge < -0.3 is 15.7 Å². The third kappa shape index (κ3) is 6.79. The lowest BCUT2D eigenvalue weighted by atomic mass is 9.87. The zero-order valence-electron chi connectivity index (χ0n) is 23.8. The Morgan fingerprint density at radius 2 is 1.60 bits per heavy atom. The van der Waals surface area contributed by atoms with Crippen molar-refractivity contribution in [2.45, 2.75) is 56.4 Å². The normalized spacial score (nSPS) is 19.1. The summed E-state index contributed by atoms with van der Waals surface area (Å²) >= 11 is 0. The summed E-state index contributed by atoms with van der Waals surface area (Å²) in [5, 5.41) is 10.4. The van der Waals surface area contributed by atoms with Crippen molar-refractivity contribution in [3.8, 4) is 0 Å². The van der Waals surface area contributed by atoms with Crippen LogP contribution in [0.1, 0.15) is 59.3 Å². The molecule has 4 rings (SSSR count). The zero-order valence-corrected chi connectivity index (χ0v) is 24.6. The first-order valence-corrected chi connectivity index (χ1v) is 15.4. The van der Waals surface area contributed by atoms with Gasteiger partial charge in [-0.25, -0.2) is 8.42 Å². The smallest absolute Gasteiger partial charge is 0.395 e. The van der Waals surface area contributed by atoms with Gasteiger partial charge in [-0.1, -0.05) is 31.2 Å². The first-order chi connectivity index (χ1) is 19.7. The monoisotopic (exact) mass is 603 g/mol. The lowest BCUT2D eigenvalue weighted by Gasteiger charge is -2.46. The van der Waals surface area contributed by atoms with Gasteiger partial charge in [0.2, 0.25) is 5.91 Å². The van der Waals surface area contributed by atoms with E-state index >= 15 is 0 Å². The number of halogens is 3. The van der Waals surface area contributed by atoms with Crippen LogP contribution in [0.5, 0.6) is 0 Å². The average Bonchev–Trinajstić information content (AvgIpc) is 2.93. The number of hydrogen-bond acceptors (Lipinski definition) is 6. The van der Waals surface area contributed by atoms with E-state index in [1.807, 2.05) is 12.1 Å². The molecular weight excluding hydrogens is 567 g/mol. The third-order valence-corrected chi connectivity index (χ3v) is 9.61. The molecule has 3 atom stereocenters. The second-order valence-corrected chi connectivity index (χ2v) is 13.1. The number of carbonyl (C=O) groups excluding carboxylic acids is 1. The Bertz CT molecular complexity index is 1500. The molecule has 1 aliphatic rings. The maximum absolute atomic E-state index is 12.9. The van der Waals surface area contributed by atoms with Crippen molar-refractivity contribution in [1.82, 2.24) is 4.90 Å². The maximum Gasteiger partial charge on any atom is 0.416 e. The number of benzene rings is 3. The number of hydrogen-bond donors (Lipinski definition) is 2. The lowest BCUT2D eigenvalue weighted by Crippen LogP contribution is -2.56. The molecule has 0 aromatic heterocycles. The maximum atomic E-state index is 12.9. The number of sulfone groups is 1. The van der Waals surface area contributed by atoms with E-state index in [9.17, 15) is 31.5 Å². The van der Waals surface area contributed by atoms with Crippen LogP contribution in [0.4, 0.5) is 18.9 Å². The minimum atomic E-state index is -4.37. The highest BCUT2D eigenvalue weighted by atomic mass is 32.2. The summed E-state index contributed by atoms with van der Waals surface area (Å²) in [5.74, 6) is -1.28. The fourth-order valence-corrected chi connectivity index (χ4v) is 6.69. The van der Waals surface area contributed by atoms with Crippen molar-refractivity contribution in [2.24, 2.45) is 5.73 Å². The molecular formula is C31H36F3N3O4S. The highest BCUT2D eigenvalue weighted by Crippen LogP contribution is 2.34. The van der Waals surface area contributed by atoms with Gasteiger partial charge in [-0.3, -0.25) is 9.69 Å². The van der Waals surface area contributed by atoms with E-state index in [2.05, 4.69) is 23.6 Å². The topological polar surface area (TPSA) is 104 Å². The molecule has 0 spiro atoms. The number of nitrogens with two attached hydrogens (primary N) is 1. The van der Waals surface area contributed by atoms with E-state index in [1.165, 1.54) is 24.3 Å². The Morgan fingerprint density at radius 3 is 2.10 bits per heavy atom. The van der Waals surface area contributed by atoms with Crippen LogP contribution in [0.3, 0.4) is 0 Å². The number of anilines is 1. The van der Waals surface area contributed by atoms with Crippen LogP contribution >= 0.6 is 0 Å². The van der Waals surface area contributed by atoms with Gasteiger partial charge in [-0.05, 0) is 73.0 Å². The van der Waals surface area contributed by atoms with Crippen LogP contribution in [-0.2, 0) is 22.6 Å². The van der Waals surface area contributed by atoms with Crippen LogP contribution in [0.25, 0.3) is 0 Å². The van der Waals surface area contributed by atoms with Crippen molar-refractivity contribution < 1.29 is 31.5 Å². The number of carbonyl (C=O) groups is 1. The quantitative estimate of drug-likeness (QED) is 0.364. The number of aliphatic hydroxyl groups excluding tert-OH is 1. The molecule has 1 saturated heterocycles. The van der Waals surface area contributed by atoms with Gasteiger partial charge in [0.1, 0.15) is 0 Å². The first-order valence-electron chi connectivity index (χ1n) is 13.8.